The smallest absolute Gasteiger partial charge is 0.165 e. The Morgan fingerprint density at radius 3 is 2.79 bits per heavy atom. The Hall–Kier alpha value is -1.59. The van der Waals surface area contributed by atoms with E-state index in [1.165, 1.54) is 11.1 Å². The van der Waals surface area contributed by atoms with Gasteiger partial charge in [0.25, 0.3) is 0 Å². The number of carbonyl (C=O) groups excluding carboxylic acids is 1. The molecule has 7 rings (SSSR count). The number of methoxy groups -OCH3 is 2. The zero-order valence-electron chi connectivity index (χ0n) is 17.2. The highest BCUT2D eigenvalue weighted by Crippen LogP contribution is 2.76. The predicted molar refractivity (Wildman–Crippen MR) is 104 cm³/mol. The number of hydrogen-bond acceptors (Lipinski definition) is 5. The number of Topliss-reactive ketones (excluding diaryl/α,β-unsaturated/α-hetero) is 1. The molecule has 0 radical (unpaired) electrons. The first kappa shape index (κ1) is 17.3. The normalized spacial score (nSPS) is 44.8. The van der Waals surface area contributed by atoms with Crippen molar-refractivity contribution < 1.29 is 19.0 Å². The maximum Gasteiger partial charge on any atom is 0.165 e. The van der Waals surface area contributed by atoms with E-state index in [4.69, 9.17) is 14.2 Å². The second-order valence-electron chi connectivity index (χ2n) is 9.73. The van der Waals surface area contributed by atoms with Crippen LogP contribution in [0.3, 0.4) is 0 Å². The van der Waals surface area contributed by atoms with E-state index in [1.54, 1.807) is 21.1 Å². The van der Waals surface area contributed by atoms with Crippen LogP contribution in [0.5, 0.6) is 11.5 Å². The lowest BCUT2D eigenvalue weighted by atomic mass is 9.34. The van der Waals surface area contributed by atoms with Crippen molar-refractivity contribution in [3.63, 3.8) is 0 Å². The fourth-order valence-electron chi connectivity index (χ4n) is 8.30. The third-order valence-electron chi connectivity index (χ3n) is 9.32. The number of fused-ring (bicyclic) bond motifs is 2. The van der Waals surface area contributed by atoms with Gasteiger partial charge in [0, 0.05) is 29.5 Å². The Labute approximate surface area is 166 Å². The molecule has 6 atom stereocenters. The van der Waals surface area contributed by atoms with Crippen molar-refractivity contribution in [2.24, 2.45) is 11.3 Å². The monoisotopic (exact) mass is 383 g/mol. The van der Waals surface area contributed by atoms with Gasteiger partial charge in [-0.1, -0.05) is 6.07 Å². The molecule has 1 aromatic carbocycles. The first-order valence-electron chi connectivity index (χ1n) is 10.6. The Kier molecular flexibility index (Phi) is 3.16. The van der Waals surface area contributed by atoms with Crippen molar-refractivity contribution in [3.8, 4) is 11.5 Å². The molecule has 150 valence electrons. The van der Waals surface area contributed by atoms with E-state index in [0.717, 1.165) is 50.1 Å². The number of piperidine rings is 1. The van der Waals surface area contributed by atoms with Crippen molar-refractivity contribution in [1.82, 2.24) is 4.90 Å². The Morgan fingerprint density at radius 2 is 2.07 bits per heavy atom. The molecule has 2 spiro atoms. The van der Waals surface area contributed by atoms with E-state index >= 15 is 0 Å². The molecular weight excluding hydrogens is 354 g/mol. The molecule has 4 aliphatic carbocycles. The van der Waals surface area contributed by atoms with Gasteiger partial charge in [0.05, 0.1) is 13.0 Å². The molecule has 1 aromatic rings. The zero-order chi connectivity index (χ0) is 19.5. The van der Waals surface area contributed by atoms with E-state index in [1.807, 2.05) is 0 Å². The molecule has 2 aliphatic heterocycles. The van der Waals surface area contributed by atoms with Gasteiger partial charge in [-0.3, -0.25) is 4.79 Å². The van der Waals surface area contributed by atoms with E-state index in [-0.39, 0.29) is 28.6 Å². The first-order chi connectivity index (χ1) is 13.4. The summed E-state index contributed by atoms with van der Waals surface area (Å²) < 4.78 is 18.8. The fourth-order valence-corrected chi connectivity index (χ4v) is 8.30. The van der Waals surface area contributed by atoms with Gasteiger partial charge in [-0.25, -0.2) is 0 Å². The van der Waals surface area contributed by atoms with Gasteiger partial charge in [0.1, 0.15) is 17.5 Å². The average molecular weight is 383 g/mol. The summed E-state index contributed by atoms with van der Waals surface area (Å²) in [6, 6.07) is 4.75. The third-order valence-corrected chi connectivity index (χ3v) is 9.32. The number of likely N-dealkylation sites (tertiary alicyclic amines) is 1. The standard InChI is InChI=1S/C23H29NO4/c1-13(25)15-12-21-7-8-23(15,27-4)20-22(21)9-10-24(2)17(21)11-14-5-6-16(26-3)19(28-20)18(14)22/h5-6,15,17,20H,7-12H2,1-4H3/t15?,17-,20-,21-,22+,23-/m1/s1. The van der Waals surface area contributed by atoms with E-state index in [0.29, 0.717) is 6.04 Å². The summed E-state index contributed by atoms with van der Waals surface area (Å²) in [4.78, 5) is 15.4. The number of nitrogens with zero attached hydrogens (tertiary/aromatic N) is 1. The van der Waals surface area contributed by atoms with Crippen LogP contribution in [0.15, 0.2) is 12.1 Å². The summed E-state index contributed by atoms with van der Waals surface area (Å²) in [6.45, 7) is 2.80. The summed E-state index contributed by atoms with van der Waals surface area (Å²) in [5.74, 6) is 1.89. The number of ketones is 1. The fraction of sp³-hybridized carbons (Fsp3) is 0.696. The Bertz CT molecular complexity index is 899. The maximum atomic E-state index is 12.8. The summed E-state index contributed by atoms with van der Waals surface area (Å²) in [5.41, 5.74) is 2.25. The van der Waals surface area contributed by atoms with Gasteiger partial charge in [0.15, 0.2) is 11.5 Å². The highest BCUT2D eigenvalue weighted by Gasteiger charge is 2.80. The number of ether oxygens (including phenoxy) is 3. The predicted octanol–water partition coefficient (Wildman–Crippen LogP) is 2.73. The molecule has 0 amide bonds. The molecule has 1 saturated heterocycles. The molecule has 0 aromatic heterocycles. The summed E-state index contributed by atoms with van der Waals surface area (Å²) in [5, 5.41) is 0. The molecule has 3 saturated carbocycles. The lowest BCUT2D eigenvalue weighted by Gasteiger charge is -2.73. The van der Waals surface area contributed by atoms with Gasteiger partial charge in [0.2, 0.25) is 0 Å². The highest BCUT2D eigenvalue weighted by atomic mass is 16.6. The topological polar surface area (TPSA) is 48.0 Å². The quantitative estimate of drug-likeness (QED) is 0.803. The van der Waals surface area contributed by atoms with Crippen LogP contribution in [-0.2, 0) is 21.4 Å². The number of benzene rings is 1. The van der Waals surface area contributed by atoms with Crippen LogP contribution in [0, 0.1) is 11.3 Å². The van der Waals surface area contributed by atoms with Crippen molar-refractivity contribution in [2.45, 2.75) is 62.2 Å². The van der Waals surface area contributed by atoms with Gasteiger partial charge in [-0.05, 0) is 64.3 Å². The summed E-state index contributed by atoms with van der Waals surface area (Å²) >= 11 is 0. The Balaban J connectivity index is 1.69. The summed E-state index contributed by atoms with van der Waals surface area (Å²) in [7, 11) is 5.77. The Morgan fingerprint density at radius 1 is 1.25 bits per heavy atom. The summed E-state index contributed by atoms with van der Waals surface area (Å²) in [6.07, 6.45) is 4.91. The molecule has 6 aliphatic rings. The third kappa shape index (κ3) is 1.53. The molecule has 4 fully saturated rings. The van der Waals surface area contributed by atoms with E-state index < -0.39 is 5.60 Å². The first-order valence-corrected chi connectivity index (χ1v) is 10.6. The minimum atomic E-state index is -0.535. The van der Waals surface area contributed by atoms with Crippen molar-refractivity contribution in [2.75, 3.05) is 27.8 Å². The molecule has 2 heterocycles. The van der Waals surface area contributed by atoms with Gasteiger partial charge >= 0.3 is 0 Å². The van der Waals surface area contributed by atoms with Crippen LogP contribution in [0.4, 0.5) is 0 Å². The SMILES string of the molecule is COc1ccc2c3c1O[C@@H]1[C@]34CCN(C)[C@H](C2)[C@]42CC[C@@]1(OC)C(C(C)=O)C2. The van der Waals surface area contributed by atoms with Crippen LogP contribution in [0.2, 0.25) is 0 Å². The van der Waals surface area contributed by atoms with E-state index in [2.05, 4.69) is 24.1 Å². The number of carbonyl (C=O) groups is 1. The number of likely N-dealkylation sites (N-methyl/N-ethyl adjacent to an activating group) is 1. The van der Waals surface area contributed by atoms with Crippen LogP contribution in [-0.4, -0.2) is 56.2 Å². The van der Waals surface area contributed by atoms with E-state index in [9.17, 15) is 4.79 Å². The molecular formula is C23H29NO4. The van der Waals surface area contributed by atoms with Crippen LogP contribution < -0.4 is 9.47 Å². The van der Waals surface area contributed by atoms with Crippen molar-refractivity contribution in [1.29, 1.82) is 0 Å². The molecule has 4 bridgehead atoms. The van der Waals surface area contributed by atoms with Crippen LogP contribution in [0.1, 0.15) is 43.7 Å². The van der Waals surface area contributed by atoms with Gasteiger partial charge < -0.3 is 19.1 Å². The van der Waals surface area contributed by atoms with Crippen LogP contribution >= 0.6 is 0 Å². The molecule has 0 N–H and O–H groups in total. The van der Waals surface area contributed by atoms with Gasteiger partial charge in [-0.15, -0.1) is 0 Å². The second kappa shape index (κ2) is 5.11. The van der Waals surface area contributed by atoms with Crippen LogP contribution in [0.25, 0.3) is 0 Å². The lowest BCUT2D eigenvalue weighted by molar-refractivity contribution is -0.270. The number of hydrogen-bond donors (Lipinski definition) is 0. The lowest BCUT2D eigenvalue weighted by Crippen LogP contribution is -2.81. The zero-order valence-corrected chi connectivity index (χ0v) is 17.2. The average Bonchev–Trinajstić information content (AvgIpc) is 3.07. The van der Waals surface area contributed by atoms with Crippen molar-refractivity contribution in [3.05, 3.63) is 23.3 Å². The minimum Gasteiger partial charge on any atom is -0.493 e. The van der Waals surface area contributed by atoms with Crippen molar-refractivity contribution >= 4 is 5.78 Å². The minimum absolute atomic E-state index is 0.0676. The molecule has 5 heteroatoms. The second-order valence-corrected chi connectivity index (χ2v) is 9.73. The largest absolute Gasteiger partial charge is 0.493 e. The maximum absolute atomic E-state index is 12.8. The van der Waals surface area contributed by atoms with Gasteiger partial charge in [-0.2, -0.15) is 0 Å². The molecule has 5 nitrogen and oxygen atoms in total. The molecule has 1 unspecified atom stereocenters. The number of rotatable bonds is 3. The molecule has 28 heavy (non-hydrogen) atoms. The highest BCUT2D eigenvalue weighted by molar-refractivity contribution is 5.81.